The van der Waals surface area contributed by atoms with Gasteiger partial charge >= 0.3 is 0 Å². The number of non-ortho nitro benzene ring substituents is 1. The van der Waals surface area contributed by atoms with E-state index in [0.29, 0.717) is 18.0 Å². The summed E-state index contributed by atoms with van der Waals surface area (Å²) in [4.78, 5) is 21.9. The normalized spacial score (nSPS) is 17.7. The maximum atomic E-state index is 11.7. The van der Waals surface area contributed by atoms with Gasteiger partial charge in [-0.05, 0) is 24.8 Å². The van der Waals surface area contributed by atoms with E-state index in [4.69, 9.17) is 0 Å². The lowest BCUT2D eigenvalue weighted by molar-refractivity contribution is -0.384. The Labute approximate surface area is 105 Å². The molecule has 0 aliphatic heterocycles. The number of carbonyl (C=O) groups is 1. The minimum atomic E-state index is -0.477. The van der Waals surface area contributed by atoms with Crippen LogP contribution in [0, 0.1) is 16.0 Å². The first-order valence-electron chi connectivity index (χ1n) is 5.86. The molecule has 1 aliphatic rings. The molecule has 0 bridgehead atoms. The number of nitro benzene ring substituents is 1. The third-order valence-corrected chi connectivity index (χ3v) is 2.90. The first kappa shape index (κ1) is 12.3. The highest BCUT2D eigenvalue weighted by atomic mass is 16.6. The number of allylic oxidation sites excluding steroid dienone is 2. The van der Waals surface area contributed by atoms with Gasteiger partial charge in [0.05, 0.1) is 4.92 Å². The molecule has 1 N–H and O–H groups in total. The number of nitrogens with one attached hydrogen (secondary N) is 1. The van der Waals surface area contributed by atoms with Crippen LogP contribution in [0.4, 0.5) is 11.4 Å². The number of carbonyl (C=O) groups excluding carboxylic acids is 1. The summed E-state index contributed by atoms with van der Waals surface area (Å²) < 4.78 is 0. The average molecular weight is 246 g/mol. The number of nitrogens with zero attached hydrogens (tertiary/aromatic N) is 1. The Bertz CT molecular complexity index is 497. The number of amides is 1. The molecule has 5 heteroatoms. The second-order valence-corrected chi connectivity index (χ2v) is 4.33. The van der Waals surface area contributed by atoms with Crippen molar-refractivity contribution in [1.29, 1.82) is 0 Å². The second kappa shape index (κ2) is 5.44. The SMILES string of the molecule is O=C(C[C@@H]1C=CCC1)Nc1cccc([N+](=O)[O-])c1. The molecule has 0 saturated heterocycles. The zero-order valence-corrected chi connectivity index (χ0v) is 9.83. The molecule has 0 heterocycles. The van der Waals surface area contributed by atoms with Gasteiger partial charge in [-0.3, -0.25) is 14.9 Å². The van der Waals surface area contributed by atoms with Gasteiger partial charge in [-0.15, -0.1) is 0 Å². The number of benzene rings is 1. The van der Waals surface area contributed by atoms with Gasteiger partial charge in [0.1, 0.15) is 0 Å². The average Bonchev–Trinajstić information content (AvgIpc) is 2.82. The maximum Gasteiger partial charge on any atom is 0.271 e. The van der Waals surface area contributed by atoms with Crippen molar-refractivity contribution in [3.05, 3.63) is 46.5 Å². The van der Waals surface area contributed by atoms with E-state index in [9.17, 15) is 14.9 Å². The first-order valence-corrected chi connectivity index (χ1v) is 5.86. The minimum Gasteiger partial charge on any atom is -0.326 e. The van der Waals surface area contributed by atoms with Gasteiger partial charge in [-0.2, -0.15) is 0 Å². The number of anilines is 1. The molecule has 5 nitrogen and oxygen atoms in total. The lowest BCUT2D eigenvalue weighted by atomic mass is 10.1. The molecule has 1 aromatic carbocycles. The third kappa shape index (κ3) is 3.16. The molecule has 94 valence electrons. The second-order valence-electron chi connectivity index (χ2n) is 4.33. The fourth-order valence-corrected chi connectivity index (χ4v) is 2.01. The molecule has 0 aromatic heterocycles. The van der Waals surface area contributed by atoms with Crippen LogP contribution in [-0.2, 0) is 4.79 Å². The van der Waals surface area contributed by atoms with Crippen LogP contribution in [0.2, 0.25) is 0 Å². The van der Waals surface area contributed by atoms with Crippen molar-refractivity contribution < 1.29 is 9.72 Å². The van der Waals surface area contributed by atoms with E-state index >= 15 is 0 Å². The molecule has 0 fully saturated rings. The molecular weight excluding hydrogens is 232 g/mol. The van der Waals surface area contributed by atoms with Crippen LogP contribution in [-0.4, -0.2) is 10.8 Å². The Kier molecular flexibility index (Phi) is 3.72. The highest BCUT2D eigenvalue weighted by molar-refractivity contribution is 5.91. The zero-order valence-electron chi connectivity index (χ0n) is 9.83. The molecular formula is C13H14N2O3. The molecule has 0 unspecified atom stereocenters. The molecule has 18 heavy (non-hydrogen) atoms. The monoisotopic (exact) mass is 246 g/mol. The van der Waals surface area contributed by atoms with E-state index in [0.717, 1.165) is 12.8 Å². The molecule has 2 rings (SSSR count). The highest BCUT2D eigenvalue weighted by Crippen LogP contribution is 2.22. The predicted octanol–water partition coefficient (Wildman–Crippen LogP) is 2.89. The number of rotatable bonds is 4. The van der Waals surface area contributed by atoms with Crippen LogP contribution in [0.25, 0.3) is 0 Å². The van der Waals surface area contributed by atoms with E-state index in [-0.39, 0.29) is 11.6 Å². The van der Waals surface area contributed by atoms with E-state index < -0.39 is 4.92 Å². The van der Waals surface area contributed by atoms with E-state index in [2.05, 4.69) is 11.4 Å². The Morgan fingerprint density at radius 3 is 3.00 bits per heavy atom. The van der Waals surface area contributed by atoms with Gasteiger partial charge < -0.3 is 5.32 Å². The van der Waals surface area contributed by atoms with Gasteiger partial charge in [0.2, 0.25) is 5.91 Å². The standard InChI is InChI=1S/C13H14N2O3/c16-13(8-10-4-1-2-5-10)14-11-6-3-7-12(9-11)15(17)18/h1,3-4,6-7,9-10H,2,5,8H2,(H,14,16)/t10-/m1/s1. The van der Waals surface area contributed by atoms with Crippen molar-refractivity contribution in [2.75, 3.05) is 5.32 Å². The fourth-order valence-electron chi connectivity index (χ4n) is 2.01. The van der Waals surface area contributed by atoms with Crippen LogP contribution >= 0.6 is 0 Å². The smallest absolute Gasteiger partial charge is 0.271 e. The summed E-state index contributed by atoms with van der Waals surface area (Å²) in [6, 6.07) is 5.97. The Balaban J connectivity index is 1.95. The van der Waals surface area contributed by atoms with Crippen molar-refractivity contribution in [1.82, 2.24) is 0 Å². The van der Waals surface area contributed by atoms with E-state index in [1.807, 2.05) is 6.08 Å². The zero-order chi connectivity index (χ0) is 13.0. The van der Waals surface area contributed by atoms with Crippen LogP contribution in [0.15, 0.2) is 36.4 Å². The van der Waals surface area contributed by atoms with Crippen LogP contribution < -0.4 is 5.32 Å². The highest BCUT2D eigenvalue weighted by Gasteiger charge is 2.14. The van der Waals surface area contributed by atoms with Crippen molar-refractivity contribution in [3.8, 4) is 0 Å². The molecule has 1 amide bonds. The van der Waals surface area contributed by atoms with E-state index in [1.54, 1.807) is 12.1 Å². The third-order valence-electron chi connectivity index (χ3n) is 2.90. The summed E-state index contributed by atoms with van der Waals surface area (Å²) in [6.45, 7) is 0. The van der Waals surface area contributed by atoms with Crippen LogP contribution in [0.5, 0.6) is 0 Å². The molecule has 0 radical (unpaired) electrons. The van der Waals surface area contributed by atoms with Gasteiger partial charge in [-0.1, -0.05) is 18.2 Å². The molecule has 0 spiro atoms. The number of hydrogen-bond acceptors (Lipinski definition) is 3. The van der Waals surface area contributed by atoms with Crippen molar-refractivity contribution in [2.24, 2.45) is 5.92 Å². The molecule has 1 atom stereocenters. The lowest BCUT2D eigenvalue weighted by Gasteiger charge is -2.08. The van der Waals surface area contributed by atoms with Crippen LogP contribution in [0.3, 0.4) is 0 Å². The van der Waals surface area contributed by atoms with Crippen molar-refractivity contribution in [2.45, 2.75) is 19.3 Å². The van der Waals surface area contributed by atoms with Gasteiger partial charge in [-0.25, -0.2) is 0 Å². The Morgan fingerprint density at radius 1 is 1.50 bits per heavy atom. The summed E-state index contributed by atoms with van der Waals surface area (Å²) in [5.74, 6) is 0.191. The number of hydrogen-bond donors (Lipinski definition) is 1. The van der Waals surface area contributed by atoms with Crippen molar-refractivity contribution in [3.63, 3.8) is 0 Å². The fraction of sp³-hybridized carbons (Fsp3) is 0.308. The maximum absolute atomic E-state index is 11.7. The molecule has 0 saturated carbocycles. The summed E-state index contributed by atoms with van der Waals surface area (Å²) in [5, 5.41) is 13.3. The topological polar surface area (TPSA) is 72.2 Å². The summed E-state index contributed by atoms with van der Waals surface area (Å²) >= 11 is 0. The Hall–Kier alpha value is -2.17. The predicted molar refractivity (Wildman–Crippen MR) is 68.2 cm³/mol. The van der Waals surface area contributed by atoms with Gasteiger partial charge in [0.25, 0.3) is 5.69 Å². The van der Waals surface area contributed by atoms with Crippen LogP contribution in [0.1, 0.15) is 19.3 Å². The largest absolute Gasteiger partial charge is 0.326 e. The first-order chi connectivity index (χ1) is 8.65. The summed E-state index contributed by atoms with van der Waals surface area (Å²) in [5.41, 5.74) is 0.449. The molecule has 1 aliphatic carbocycles. The summed E-state index contributed by atoms with van der Waals surface area (Å²) in [7, 11) is 0. The lowest BCUT2D eigenvalue weighted by Crippen LogP contribution is -2.14. The molecule has 1 aromatic rings. The number of nitro groups is 1. The van der Waals surface area contributed by atoms with Gasteiger partial charge in [0.15, 0.2) is 0 Å². The van der Waals surface area contributed by atoms with Gasteiger partial charge in [0, 0.05) is 24.2 Å². The Morgan fingerprint density at radius 2 is 2.33 bits per heavy atom. The summed E-state index contributed by atoms with van der Waals surface area (Å²) in [6.07, 6.45) is 6.58. The minimum absolute atomic E-state index is 0.0198. The van der Waals surface area contributed by atoms with Crippen molar-refractivity contribution >= 4 is 17.3 Å². The van der Waals surface area contributed by atoms with E-state index in [1.165, 1.54) is 12.1 Å². The quantitative estimate of drug-likeness (QED) is 0.504.